The number of hydrogen-bond donors (Lipinski definition) is 2. The number of nitrogens with one attached hydrogen (secondary N) is 1. The third-order valence-corrected chi connectivity index (χ3v) is 3.12. The van der Waals surface area contributed by atoms with E-state index in [4.69, 9.17) is 4.74 Å². The van der Waals surface area contributed by atoms with Crippen LogP contribution in [-0.2, 0) is 4.79 Å². The first-order chi connectivity index (χ1) is 8.57. The van der Waals surface area contributed by atoms with Crippen molar-refractivity contribution < 1.29 is 19.0 Å². The predicted molar refractivity (Wildman–Crippen MR) is 61.0 cm³/mol. The van der Waals surface area contributed by atoms with E-state index >= 15 is 0 Å². The summed E-state index contributed by atoms with van der Waals surface area (Å²) < 4.78 is 17.9. The lowest BCUT2D eigenvalue weighted by atomic mass is 9.98. The fraction of sp³-hybridized carbons (Fsp3) is 0.545. The summed E-state index contributed by atoms with van der Waals surface area (Å²) in [5.74, 6) is -1.76. The zero-order valence-electron chi connectivity index (χ0n) is 9.94. The van der Waals surface area contributed by atoms with E-state index in [1.807, 2.05) is 0 Å². The van der Waals surface area contributed by atoms with Crippen LogP contribution in [0.4, 0.5) is 10.3 Å². The summed E-state index contributed by atoms with van der Waals surface area (Å²) in [6, 6.07) is 0. The van der Waals surface area contributed by atoms with Crippen molar-refractivity contribution in [2.45, 2.75) is 31.2 Å². The number of carbonyl (C=O) groups is 1. The average Bonchev–Trinajstić information content (AvgIpc) is 2.81. The first kappa shape index (κ1) is 12.5. The van der Waals surface area contributed by atoms with Gasteiger partial charge in [-0.1, -0.05) is 12.8 Å². The summed E-state index contributed by atoms with van der Waals surface area (Å²) in [6.07, 6.45) is 3.63. The fourth-order valence-electron chi connectivity index (χ4n) is 2.14. The molecule has 0 aliphatic heterocycles. The second kappa shape index (κ2) is 4.75. The number of carboxylic acids is 1. The molecule has 1 fully saturated rings. The van der Waals surface area contributed by atoms with Crippen LogP contribution in [0.2, 0.25) is 0 Å². The topological polar surface area (TPSA) is 84.3 Å². The molecular weight excluding hydrogens is 241 g/mol. The Hall–Kier alpha value is -1.92. The molecule has 0 amide bonds. The molecule has 0 aromatic carbocycles. The van der Waals surface area contributed by atoms with Crippen LogP contribution >= 0.6 is 0 Å². The molecular formula is C11H14FN3O3. The zero-order chi connectivity index (χ0) is 13.2. The zero-order valence-corrected chi connectivity index (χ0v) is 9.94. The highest BCUT2D eigenvalue weighted by molar-refractivity contribution is 5.82. The number of halogens is 1. The number of aromatic nitrogens is 2. The smallest absolute Gasteiger partial charge is 0.329 e. The van der Waals surface area contributed by atoms with Gasteiger partial charge in [0, 0.05) is 0 Å². The number of methoxy groups -OCH3 is 1. The van der Waals surface area contributed by atoms with Gasteiger partial charge in [0.15, 0.2) is 0 Å². The SMILES string of the molecule is COc1nc(NC2(C(=O)O)CCCC2)ncc1F. The Bertz CT molecular complexity index is 461. The van der Waals surface area contributed by atoms with Gasteiger partial charge in [-0.05, 0) is 12.8 Å². The molecule has 2 N–H and O–H groups in total. The molecule has 0 bridgehead atoms. The molecule has 0 radical (unpaired) electrons. The number of anilines is 1. The van der Waals surface area contributed by atoms with Gasteiger partial charge in [0.2, 0.25) is 11.8 Å². The van der Waals surface area contributed by atoms with E-state index < -0.39 is 17.3 Å². The Labute approximate surface area is 103 Å². The fourth-order valence-corrected chi connectivity index (χ4v) is 2.14. The number of carboxylic acid groups (broad SMARTS) is 1. The molecule has 1 aliphatic rings. The van der Waals surface area contributed by atoms with Crippen molar-refractivity contribution in [2.24, 2.45) is 0 Å². The normalized spacial score (nSPS) is 17.4. The maximum Gasteiger partial charge on any atom is 0.329 e. The van der Waals surface area contributed by atoms with Gasteiger partial charge in [-0.25, -0.2) is 9.78 Å². The summed E-state index contributed by atoms with van der Waals surface area (Å²) in [7, 11) is 1.29. The van der Waals surface area contributed by atoms with Crippen molar-refractivity contribution in [3.63, 3.8) is 0 Å². The van der Waals surface area contributed by atoms with Crippen LogP contribution in [0.5, 0.6) is 5.88 Å². The largest absolute Gasteiger partial charge is 0.480 e. The standard InChI is InChI=1S/C11H14FN3O3/c1-18-8-7(12)6-13-10(14-8)15-11(9(16)17)4-2-3-5-11/h6H,2-5H2,1H3,(H,16,17)(H,13,14,15). The van der Waals surface area contributed by atoms with Crippen molar-refractivity contribution in [3.8, 4) is 5.88 Å². The summed E-state index contributed by atoms with van der Waals surface area (Å²) >= 11 is 0. The van der Waals surface area contributed by atoms with Gasteiger partial charge in [0.05, 0.1) is 13.3 Å². The molecule has 0 atom stereocenters. The van der Waals surface area contributed by atoms with E-state index in [2.05, 4.69) is 15.3 Å². The highest BCUT2D eigenvalue weighted by atomic mass is 19.1. The third-order valence-electron chi connectivity index (χ3n) is 3.12. The molecule has 1 aromatic rings. The minimum atomic E-state index is -1.05. The molecule has 0 saturated heterocycles. The Kier molecular flexibility index (Phi) is 3.31. The average molecular weight is 255 g/mol. The van der Waals surface area contributed by atoms with Crippen molar-refractivity contribution in [2.75, 3.05) is 12.4 Å². The van der Waals surface area contributed by atoms with E-state index in [0.29, 0.717) is 12.8 Å². The molecule has 1 aromatic heterocycles. The summed E-state index contributed by atoms with van der Waals surface area (Å²) in [4.78, 5) is 18.9. The molecule has 0 spiro atoms. The van der Waals surface area contributed by atoms with Crippen LogP contribution in [0.1, 0.15) is 25.7 Å². The first-order valence-corrected chi connectivity index (χ1v) is 5.65. The number of rotatable bonds is 4. The quantitative estimate of drug-likeness (QED) is 0.846. The van der Waals surface area contributed by atoms with Crippen LogP contribution in [0.25, 0.3) is 0 Å². The Morgan fingerprint density at radius 3 is 2.78 bits per heavy atom. The lowest BCUT2D eigenvalue weighted by Crippen LogP contribution is -2.44. The molecule has 7 heteroatoms. The molecule has 18 heavy (non-hydrogen) atoms. The van der Waals surface area contributed by atoms with Gasteiger partial charge >= 0.3 is 5.97 Å². The number of nitrogens with zero attached hydrogens (tertiary/aromatic N) is 2. The first-order valence-electron chi connectivity index (χ1n) is 5.65. The second-order valence-electron chi connectivity index (χ2n) is 4.27. The van der Waals surface area contributed by atoms with E-state index in [0.717, 1.165) is 19.0 Å². The summed E-state index contributed by atoms with van der Waals surface area (Å²) in [6.45, 7) is 0. The Morgan fingerprint density at radius 1 is 1.56 bits per heavy atom. The van der Waals surface area contributed by atoms with Gasteiger partial charge in [-0.15, -0.1) is 0 Å². The van der Waals surface area contributed by atoms with Gasteiger partial charge in [-0.2, -0.15) is 9.37 Å². The van der Waals surface area contributed by atoms with Crippen LogP contribution in [0.15, 0.2) is 6.20 Å². The van der Waals surface area contributed by atoms with E-state index in [1.54, 1.807) is 0 Å². The van der Waals surface area contributed by atoms with E-state index in [9.17, 15) is 14.3 Å². The molecule has 6 nitrogen and oxygen atoms in total. The lowest BCUT2D eigenvalue weighted by Gasteiger charge is -2.25. The van der Waals surface area contributed by atoms with Crippen molar-refractivity contribution >= 4 is 11.9 Å². The van der Waals surface area contributed by atoms with E-state index in [1.165, 1.54) is 7.11 Å². The van der Waals surface area contributed by atoms with Gasteiger partial charge < -0.3 is 15.2 Å². The third kappa shape index (κ3) is 2.20. The van der Waals surface area contributed by atoms with Crippen molar-refractivity contribution in [1.82, 2.24) is 9.97 Å². The highest BCUT2D eigenvalue weighted by Crippen LogP contribution is 2.32. The molecule has 98 valence electrons. The Morgan fingerprint density at radius 2 is 2.22 bits per heavy atom. The molecule has 1 heterocycles. The maximum absolute atomic E-state index is 13.1. The minimum Gasteiger partial charge on any atom is -0.480 e. The minimum absolute atomic E-state index is 0.0672. The monoisotopic (exact) mass is 255 g/mol. The maximum atomic E-state index is 13.1. The summed E-state index contributed by atoms with van der Waals surface area (Å²) in [5, 5.41) is 12.1. The molecule has 2 rings (SSSR count). The number of ether oxygens (including phenoxy) is 1. The van der Waals surface area contributed by atoms with Crippen molar-refractivity contribution in [3.05, 3.63) is 12.0 Å². The van der Waals surface area contributed by atoms with Gasteiger partial charge in [0.1, 0.15) is 5.54 Å². The van der Waals surface area contributed by atoms with Gasteiger partial charge in [-0.3, -0.25) is 0 Å². The number of aliphatic carboxylic acids is 1. The van der Waals surface area contributed by atoms with Crippen molar-refractivity contribution in [1.29, 1.82) is 0 Å². The van der Waals surface area contributed by atoms with Crippen LogP contribution in [0.3, 0.4) is 0 Å². The molecule has 1 saturated carbocycles. The number of hydrogen-bond acceptors (Lipinski definition) is 5. The van der Waals surface area contributed by atoms with Crippen LogP contribution in [0, 0.1) is 5.82 Å². The van der Waals surface area contributed by atoms with E-state index in [-0.39, 0.29) is 11.8 Å². The van der Waals surface area contributed by atoms with Crippen LogP contribution < -0.4 is 10.1 Å². The Balaban J connectivity index is 2.24. The highest BCUT2D eigenvalue weighted by Gasteiger charge is 2.42. The summed E-state index contributed by atoms with van der Waals surface area (Å²) in [5.41, 5.74) is -1.05. The van der Waals surface area contributed by atoms with Gasteiger partial charge in [0.25, 0.3) is 5.88 Å². The second-order valence-corrected chi connectivity index (χ2v) is 4.27. The predicted octanol–water partition coefficient (Wildman–Crippen LogP) is 1.43. The van der Waals surface area contributed by atoms with Crippen LogP contribution in [-0.4, -0.2) is 33.7 Å². The molecule has 0 unspecified atom stereocenters. The molecule has 1 aliphatic carbocycles. The lowest BCUT2D eigenvalue weighted by molar-refractivity contribution is -0.142.